The number of carbonyl (C=O) groups is 1. The van der Waals surface area contributed by atoms with Gasteiger partial charge < -0.3 is 5.11 Å². The molecule has 1 rings (SSSR count). The zero-order valence-electron chi connectivity index (χ0n) is 6.34. The summed E-state index contributed by atoms with van der Waals surface area (Å²) < 4.78 is 25.7. The van der Waals surface area contributed by atoms with Crippen LogP contribution in [0.25, 0.3) is 0 Å². The molecular formula is C6H2Cl2F2N2O2. The summed E-state index contributed by atoms with van der Waals surface area (Å²) in [4.78, 5) is 16.6. The van der Waals surface area contributed by atoms with Crippen LogP contribution in [0.2, 0.25) is 10.4 Å². The lowest BCUT2D eigenvalue weighted by Crippen LogP contribution is -2.26. The predicted molar refractivity (Wildman–Crippen MR) is 43.6 cm³/mol. The summed E-state index contributed by atoms with van der Waals surface area (Å²) in [6, 6.07) is 0. The molecule has 0 aliphatic heterocycles. The van der Waals surface area contributed by atoms with Gasteiger partial charge in [-0.05, 0) is 11.6 Å². The van der Waals surface area contributed by atoms with Gasteiger partial charge in [-0.15, -0.1) is 0 Å². The van der Waals surface area contributed by atoms with Crippen molar-refractivity contribution in [1.29, 1.82) is 0 Å². The molecule has 1 aromatic rings. The molecule has 1 N–H and O–H groups in total. The van der Waals surface area contributed by atoms with E-state index in [1.54, 1.807) is 0 Å². The number of carboxylic acids is 1. The number of nitrogens with zero attached hydrogens (tertiary/aromatic N) is 2. The molecule has 0 radical (unpaired) electrons. The van der Waals surface area contributed by atoms with Crippen molar-refractivity contribution >= 4 is 29.2 Å². The van der Waals surface area contributed by atoms with Crippen molar-refractivity contribution in [2.24, 2.45) is 0 Å². The Morgan fingerprint density at radius 3 is 2.50 bits per heavy atom. The van der Waals surface area contributed by atoms with Crippen LogP contribution in [0.4, 0.5) is 8.78 Å². The quantitative estimate of drug-likeness (QED) is 0.636. The van der Waals surface area contributed by atoms with Gasteiger partial charge in [0, 0.05) is 6.20 Å². The Morgan fingerprint density at radius 2 is 2.07 bits per heavy atom. The Hall–Kier alpha value is -1.01. The van der Waals surface area contributed by atoms with Gasteiger partial charge >= 0.3 is 11.9 Å². The topological polar surface area (TPSA) is 63.1 Å². The Bertz CT molecular complexity index is 386. The number of halogens is 4. The predicted octanol–water partition coefficient (Wildman–Crippen LogP) is 1.96. The molecular weight excluding hydrogens is 241 g/mol. The van der Waals surface area contributed by atoms with Crippen LogP contribution >= 0.6 is 23.2 Å². The second kappa shape index (κ2) is 3.62. The van der Waals surface area contributed by atoms with E-state index < -0.39 is 22.6 Å². The first-order valence-corrected chi connectivity index (χ1v) is 3.91. The van der Waals surface area contributed by atoms with Gasteiger partial charge in [0.25, 0.3) is 0 Å². The van der Waals surface area contributed by atoms with Crippen LogP contribution in [0.15, 0.2) is 6.20 Å². The van der Waals surface area contributed by atoms with Crippen LogP contribution in [-0.2, 0) is 10.7 Å². The molecule has 14 heavy (non-hydrogen) atoms. The molecule has 0 amide bonds. The van der Waals surface area contributed by atoms with E-state index in [1.165, 1.54) is 0 Å². The van der Waals surface area contributed by atoms with Crippen molar-refractivity contribution in [3.05, 3.63) is 22.2 Å². The molecule has 1 heterocycles. The van der Waals surface area contributed by atoms with Crippen LogP contribution < -0.4 is 0 Å². The maximum absolute atomic E-state index is 12.9. The smallest absolute Gasteiger partial charge is 0.379 e. The number of aliphatic carboxylic acids is 1. The van der Waals surface area contributed by atoms with Crippen LogP contribution in [-0.4, -0.2) is 21.0 Å². The SMILES string of the molecule is O=C(O)C(F)(F)c1cnc(Cl)nc1Cl. The minimum atomic E-state index is -4.12. The summed E-state index contributed by atoms with van der Waals surface area (Å²) in [6.07, 6.45) is 0.575. The normalized spacial score (nSPS) is 11.4. The number of aromatic nitrogens is 2. The fraction of sp³-hybridized carbons (Fsp3) is 0.167. The van der Waals surface area contributed by atoms with Gasteiger partial charge in [0.1, 0.15) is 5.15 Å². The maximum atomic E-state index is 12.9. The number of rotatable bonds is 2. The Labute approximate surface area is 86.5 Å². The van der Waals surface area contributed by atoms with Gasteiger partial charge in [-0.1, -0.05) is 11.6 Å². The average Bonchev–Trinajstić information content (AvgIpc) is 2.02. The van der Waals surface area contributed by atoms with E-state index in [0.29, 0.717) is 6.20 Å². The van der Waals surface area contributed by atoms with Crippen LogP contribution in [0, 0.1) is 0 Å². The zero-order valence-corrected chi connectivity index (χ0v) is 7.85. The Balaban J connectivity index is 3.26. The van der Waals surface area contributed by atoms with Gasteiger partial charge in [0.2, 0.25) is 5.28 Å². The van der Waals surface area contributed by atoms with Crippen molar-refractivity contribution in [1.82, 2.24) is 9.97 Å². The minimum absolute atomic E-state index is 0.333. The molecule has 1 aromatic heterocycles. The summed E-state index contributed by atoms with van der Waals surface area (Å²) in [7, 11) is 0. The van der Waals surface area contributed by atoms with Gasteiger partial charge in [-0.25, -0.2) is 14.8 Å². The van der Waals surface area contributed by atoms with E-state index in [-0.39, 0.29) is 5.28 Å². The van der Waals surface area contributed by atoms with Crippen molar-refractivity contribution in [3.63, 3.8) is 0 Å². The van der Waals surface area contributed by atoms with E-state index >= 15 is 0 Å². The molecule has 0 aliphatic rings. The molecule has 0 aliphatic carbocycles. The highest BCUT2D eigenvalue weighted by atomic mass is 35.5. The van der Waals surface area contributed by atoms with Crippen molar-refractivity contribution in [3.8, 4) is 0 Å². The number of carboxylic acid groups (broad SMARTS) is 1. The fourth-order valence-electron chi connectivity index (χ4n) is 0.667. The second-order valence-electron chi connectivity index (χ2n) is 2.22. The molecule has 0 unspecified atom stereocenters. The first-order chi connectivity index (χ1) is 6.35. The largest absolute Gasteiger partial charge is 0.477 e. The minimum Gasteiger partial charge on any atom is -0.477 e. The van der Waals surface area contributed by atoms with Crippen LogP contribution in [0.3, 0.4) is 0 Å². The summed E-state index contributed by atoms with van der Waals surface area (Å²) in [5, 5.41) is 7.17. The van der Waals surface area contributed by atoms with Crippen LogP contribution in [0.5, 0.6) is 0 Å². The Morgan fingerprint density at radius 1 is 1.50 bits per heavy atom. The molecule has 0 saturated heterocycles. The lowest BCUT2D eigenvalue weighted by Gasteiger charge is -2.11. The first-order valence-electron chi connectivity index (χ1n) is 3.15. The maximum Gasteiger partial charge on any atom is 0.379 e. The summed E-state index contributed by atoms with van der Waals surface area (Å²) >= 11 is 10.5. The molecule has 4 nitrogen and oxygen atoms in total. The molecule has 8 heteroatoms. The molecule has 0 atom stereocenters. The third kappa shape index (κ3) is 1.91. The molecule has 0 spiro atoms. The van der Waals surface area contributed by atoms with E-state index in [0.717, 1.165) is 0 Å². The molecule has 0 bridgehead atoms. The number of hydrogen-bond donors (Lipinski definition) is 1. The van der Waals surface area contributed by atoms with Gasteiger partial charge in [0.05, 0.1) is 5.56 Å². The fourth-order valence-corrected chi connectivity index (χ4v) is 1.09. The molecule has 0 saturated carbocycles. The van der Waals surface area contributed by atoms with E-state index in [1.807, 2.05) is 0 Å². The first kappa shape index (κ1) is 11.1. The van der Waals surface area contributed by atoms with E-state index in [2.05, 4.69) is 9.97 Å². The zero-order chi connectivity index (χ0) is 10.9. The summed E-state index contributed by atoms with van der Waals surface area (Å²) in [5.74, 6) is -6.45. The van der Waals surface area contributed by atoms with Crippen molar-refractivity contribution in [2.45, 2.75) is 5.92 Å². The van der Waals surface area contributed by atoms with Gasteiger partial charge in [-0.2, -0.15) is 8.78 Å². The molecule has 0 fully saturated rings. The van der Waals surface area contributed by atoms with Crippen LogP contribution in [0.1, 0.15) is 5.56 Å². The highest BCUT2D eigenvalue weighted by Gasteiger charge is 2.43. The van der Waals surface area contributed by atoms with Crippen molar-refractivity contribution in [2.75, 3.05) is 0 Å². The lowest BCUT2D eigenvalue weighted by atomic mass is 10.2. The van der Waals surface area contributed by atoms with Gasteiger partial charge in [0.15, 0.2) is 0 Å². The number of alkyl halides is 2. The molecule has 0 aromatic carbocycles. The van der Waals surface area contributed by atoms with Crippen molar-refractivity contribution < 1.29 is 18.7 Å². The third-order valence-corrected chi connectivity index (χ3v) is 1.79. The number of hydrogen-bond acceptors (Lipinski definition) is 3. The van der Waals surface area contributed by atoms with Gasteiger partial charge in [-0.3, -0.25) is 0 Å². The Kier molecular flexibility index (Phi) is 2.86. The van der Waals surface area contributed by atoms with E-state index in [4.69, 9.17) is 28.3 Å². The average molecular weight is 243 g/mol. The molecule has 76 valence electrons. The highest BCUT2D eigenvalue weighted by molar-refractivity contribution is 6.32. The third-order valence-electron chi connectivity index (χ3n) is 1.32. The second-order valence-corrected chi connectivity index (χ2v) is 2.92. The summed E-state index contributed by atoms with van der Waals surface area (Å²) in [6.45, 7) is 0. The monoisotopic (exact) mass is 242 g/mol. The van der Waals surface area contributed by atoms with E-state index in [9.17, 15) is 13.6 Å². The lowest BCUT2D eigenvalue weighted by molar-refractivity contribution is -0.166. The highest BCUT2D eigenvalue weighted by Crippen LogP contribution is 2.32. The standard InChI is InChI=1S/C6H2Cl2F2N2O2/c7-3-2(1-11-5(8)12-3)6(9,10)4(13)14/h1H,(H,13,14). The summed E-state index contributed by atoms with van der Waals surface area (Å²) in [5.41, 5.74) is -0.990.